The molecule has 0 unspecified atom stereocenters. The minimum absolute atomic E-state index is 0.0686. The van der Waals surface area contributed by atoms with E-state index in [2.05, 4.69) is 5.32 Å². The van der Waals surface area contributed by atoms with Crippen molar-refractivity contribution in [1.29, 1.82) is 5.26 Å². The summed E-state index contributed by atoms with van der Waals surface area (Å²) >= 11 is 0. The molecule has 1 atom stereocenters. The summed E-state index contributed by atoms with van der Waals surface area (Å²) in [5, 5.41) is 11.6. The summed E-state index contributed by atoms with van der Waals surface area (Å²) < 4.78 is 10.9. The molecule has 0 aliphatic carbocycles. The van der Waals surface area contributed by atoms with E-state index < -0.39 is 17.9 Å². The summed E-state index contributed by atoms with van der Waals surface area (Å²) in [5.41, 5.74) is 1.67. The quantitative estimate of drug-likeness (QED) is 0.709. The third-order valence-electron chi connectivity index (χ3n) is 4.10. The molecule has 0 saturated carbocycles. The van der Waals surface area contributed by atoms with E-state index in [1.54, 1.807) is 48.5 Å². The van der Waals surface area contributed by atoms with Crippen molar-refractivity contribution in [3.63, 3.8) is 0 Å². The maximum Gasteiger partial charge on any atom is 0.329 e. The number of rotatable bonds is 8. The van der Waals surface area contributed by atoms with E-state index in [0.29, 0.717) is 23.5 Å². The highest BCUT2D eigenvalue weighted by atomic mass is 16.5. The fourth-order valence-corrected chi connectivity index (χ4v) is 2.57. The van der Waals surface area contributed by atoms with Crippen molar-refractivity contribution in [2.45, 2.75) is 33.4 Å². The highest BCUT2D eigenvalue weighted by molar-refractivity contribution is 5.99. The predicted octanol–water partition coefficient (Wildman–Crippen LogP) is 3.45. The first-order valence-corrected chi connectivity index (χ1v) is 9.14. The van der Waals surface area contributed by atoms with Gasteiger partial charge in [-0.25, -0.2) is 4.79 Å². The molecule has 0 spiro atoms. The Morgan fingerprint density at radius 2 is 1.79 bits per heavy atom. The molecule has 0 aromatic heterocycles. The van der Waals surface area contributed by atoms with Gasteiger partial charge in [-0.1, -0.05) is 38.1 Å². The number of esters is 1. The first kappa shape index (κ1) is 21.0. The first-order valence-electron chi connectivity index (χ1n) is 9.14. The molecule has 0 heterocycles. The number of nitrogens with zero attached hydrogens (tertiary/aromatic N) is 1. The summed E-state index contributed by atoms with van der Waals surface area (Å²) in [5.74, 6) is -0.590. The number of carbonyl (C=O) groups is 2. The van der Waals surface area contributed by atoms with Crippen molar-refractivity contribution < 1.29 is 19.1 Å². The monoisotopic (exact) mass is 380 g/mol. The van der Waals surface area contributed by atoms with E-state index in [1.165, 1.54) is 0 Å². The maximum absolute atomic E-state index is 12.7. The SMILES string of the molecule is CCOc1ccccc1C(=O)N[C@H](C(=O)OCc1ccc(C#N)cc1)C(C)C. The largest absolute Gasteiger partial charge is 0.493 e. The van der Waals surface area contributed by atoms with Gasteiger partial charge in [0.1, 0.15) is 18.4 Å². The standard InChI is InChI=1S/C22H24N2O4/c1-4-27-19-8-6-5-7-18(19)21(25)24-20(15(2)3)22(26)28-14-17-11-9-16(13-23)10-12-17/h5-12,15,20H,4,14H2,1-3H3,(H,24,25)/t20-/m0/s1. The van der Waals surface area contributed by atoms with Gasteiger partial charge in [0.15, 0.2) is 0 Å². The van der Waals surface area contributed by atoms with Gasteiger partial charge in [0.2, 0.25) is 0 Å². The zero-order valence-electron chi connectivity index (χ0n) is 16.3. The Bertz CT molecular complexity index is 854. The lowest BCUT2D eigenvalue weighted by atomic mass is 10.0. The highest BCUT2D eigenvalue weighted by Gasteiger charge is 2.27. The Kier molecular flexibility index (Phi) is 7.58. The highest BCUT2D eigenvalue weighted by Crippen LogP contribution is 2.18. The Balaban J connectivity index is 2.04. The summed E-state index contributed by atoms with van der Waals surface area (Å²) in [6, 6.07) is 14.9. The van der Waals surface area contributed by atoms with Crippen LogP contribution in [0.1, 0.15) is 42.3 Å². The minimum atomic E-state index is -0.791. The fraction of sp³-hybridized carbons (Fsp3) is 0.318. The van der Waals surface area contributed by atoms with Crippen LogP contribution in [-0.4, -0.2) is 24.5 Å². The molecule has 146 valence electrons. The number of nitrogens with one attached hydrogen (secondary N) is 1. The second-order valence-corrected chi connectivity index (χ2v) is 6.54. The van der Waals surface area contributed by atoms with Gasteiger partial charge >= 0.3 is 5.97 Å². The average molecular weight is 380 g/mol. The number of ether oxygens (including phenoxy) is 2. The molecule has 2 aromatic rings. The van der Waals surface area contributed by atoms with Gasteiger partial charge < -0.3 is 14.8 Å². The van der Waals surface area contributed by atoms with Crippen molar-refractivity contribution >= 4 is 11.9 Å². The van der Waals surface area contributed by atoms with Crippen LogP contribution in [0, 0.1) is 17.2 Å². The summed E-state index contributed by atoms with van der Waals surface area (Å²) in [4.78, 5) is 25.2. The van der Waals surface area contributed by atoms with Crippen molar-refractivity contribution in [2.24, 2.45) is 5.92 Å². The summed E-state index contributed by atoms with van der Waals surface area (Å²) in [6.45, 7) is 6.01. The molecule has 0 aliphatic heterocycles. The van der Waals surface area contributed by atoms with E-state index in [-0.39, 0.29) is 12.5 Å². The zero-order chi connectivity index (χ0) is 20.5. The second-order valence-electron chi connectivity index (χ2n) is 6.54. The van der Waals surface area contributed by atoms with Gasteiger partial charge in [-0.2, -0.15) is 5.26 Å². The van der Waals surface area contributed by atoms with E-state index in [0.717, 1.165) is 5.56 Å². The van der Waals surface area contributed by atoms with Crippen LogP contribution in [0.4, 0.5) is 0 Å². The summed E-state index contributed by atoms with van der Waals surface area (Å²) in [6.07, 6.45) is 0. The molecule has 2 rings (SSSR count). The van der Waals surface area contributed by atoms with Gasteiger partial charge in [-0.3, -0.25) is 4.79 Å². The van der Waals surface area contributed by atoms with Gasteiger partial charge in [0, 0.05) is 0 Å². The van der Waals surface area contributed by atoms with Crippen molar-refractivity contribution in [2.75, 3.05) is 6.61 Å². The van der Waals surface area contributed by atoms with Crippen LogP contribution in [0.5, 0.6) is 5.75 Å². The van der Waals surface area contributed by atoms with Gasteiger partial charge in [-0.05, 0) is 42.7 Å². The van der Waals surface area contributed by atoms with E-state index in [4.69, 9.17) is 14.7 Å². The predicted molar refractivity (Wildman–Crippen MR) is 105 cm³/mol. The lowest BCUT2D eigenvalue weighted by Gasteiger charge is -2.21. The molecular formula is C22H24N2O4. The van der Waals surface area contributed by atoms with E-state index in [1.807, 2.05) is 26.8 Å². The molecular weight excluding hydrogens is 356 g/mol. The normalized spacial score (nSPS) is 11.4. The zero-order valence-corrected chi connectivity index (χ0v) is 16.3. The number of hydrogen-bond donors (Lipinski definition) is 1. The van der Waals surface area contributed by atoms with Crippen molar-refractivity contribution in [1.82, 2.24) is 5.32 Å². The number of para-hydroxylation sites is 1. The number of amides is 1. The molecule has 1 N–H and O–H groups in total. The summed E-state index contributed by atoms with van der Waals surface area (Å²) in [7, 11) is 0. The Morgan fingerprint density at radius 3 is 2.39 bits per heavy atom. The molecule has 0 saturated heterocycles. The number of nitriles is 1. The van der Waals surface area contributed by atoms with Crippen LogP contribution in [0.3, 0.4) is 0 Å². The lowest BCUT2D eigenvalue weighted by molar-refractivity contribution is -0.148. The third kappa shape index (κ3) is 5.58. The molecule has 6 nitrogen and oxygen atoms in total. The van der Waals surface area contributed by atoms with Crippen LogP contribution in [0.2, 0.25) is 0 Å². The molecule has 28 heavy (non-hydrogen) atoms. The maximum atomic E-state index is 12.7. The number of carbonyl (C=O) groups excluding carboxylic acids is 2. The number of hydrogen-bond acceptors (Lipinski definition) is 5. The second kappa shape index (κ2) is 10.1. The Hall–Kier alpha value is -3.33. The molecule has 0 fully saturated rings. The van der Waals surface area contributed by atoms with E-state index in [9.17, 15) is 9.59 Å². The van der Waals surface area contributed by atoms with Crippen LogP contribution in [0.25, 0.3) is 0 Å². The molecule has 0 radical (unpaired) electrons. The molecule has 0 bridgehead atoms. The van der Waals surface area contributed by atoms with Gasteiger partial charge in [-0.15, -0.1) is 0 Å². The van der Waals surface area contributed by atoms with Crippen LogP contribution < -0.4 is 10.1 Å². The average Bonchev–Trinajstić information content (AvgIpc) is 2.70. The van der Waals surface area contributed by atoms with Crippen molar-refractivity contribution in [3.8, 4) is 11.8 Å². The Labute approximate surface area is 165 Å². The van der Waals surface area contributed by atoms with E-state index >= 15 is 0 Å². The van der Waals surface area contributed by atoms with Crippen LogP contribution in [-0.2, 0) is 16.1 Å². The molecule has 0 aliphatic rings. The van der Waals surface area contributed by atoms with Crippen LogP contribution in [0.15, 0.2) is 48.5 Å². The minimum Gasteiger partial charge on any atom is -0.493 e. The number of benzene rings is 2. The third-order valence-corrected chi connectivity index (χ3v) is 4.10. The topological polar surface area (TPSA) is 88.4 Å². The van der Waals surface area contributed by atoms with Gasteiger partial charge in [0.05, 0.1) is 23.8 Å². The fourth-order valence-electron chi connectivity index (χ4n) is 2.57. The lowest BCUT2D eigenvalue weighted by Crippen LogP contribution is -2.45. The van der Waals surface area contributed by atoms with Gasteiger partial charge in [0.25, 0.3) is 5.91 Å². The smallest absolute Gasteiger partial charge is 0.329 e. The van der Waals surface area contributed by atoms with Crippen LogP contribution >= 0.6 is 0 Å². The molecule has 6 heteroatoms. The molecule has 1 amide bonds. The first-order chi connectivity index (χ1) is 13.5. The Morgan fingerprint density at radius 1 is 1.11 bits per heavy atom. The molecule has 2 aromatic carbocycles. The van der Waals surface area contributed by atoms with Crippen molar-refractivity contribution in [3.05, 3.63) is 65.2 Å².